The number of benzene rings is 2. The topological polar surface area (TPSA) is 64.0 Å². The highest BCUT2D eigenvalue weighted by molar-refractivity contribution is 7.99. The van der Waals surface area contributed by atoms with Crippen molar-refractivity contribution in [3.8, 4) is 5.69 Å². The van der Waals surface area contributed by atoms with Crippen LogP contribution in [0.15, 0.2) is 58.5 Å². The smallest absolute Gasteiger partial charge is 0.266 e. The third kappa shape index (κ3) is 4.19. The van der Waals surface area contributed by atoms with E-state index in [0.717, 1.165) is 18.2 Å². The number of hydrogen-bond donors (Lipinski definition) is 1. The lowest BCUT2D eigenvalue weighted by atomic mass is 10.2. The molecule has 0 bridgehead atoms. The van der Waals surface area contributed by atoms with Gasteiger partial charge in [0.2, 0.25) is 5.91 Å². The van der Waals surface area contributed by atoms with Gasteiger partial charge in [-0.15, -0.1) is 0 Å². The first-order valence-electron chi connectivity index (χ1n) is 8.70. The maximum absolute atomic E-state index is 14.4. The van der Waals surface area contributed by atoms with Crippen molar-refractivity contribution in [3.05, 3.63) is 64.7 Å². The number of thioether (sulfide) groups is 1. The molecule has 0 aliphatic heterocycles. The zero-order valence-corrected chi connectivity index (χ0v) is 15.9. The van der Waals surface area contributed by atoms with Gasteiger partial charge in [-0.05, 0) is 37.6 Å². The second kappa shape index (κ2) is 8.35. The lowest BCUT2D eigenvalue weighted by Gasteiger charge is -2.15. The standard InChI is InChI=1S/C20H20FN3O2S/c1-3-13(2)22-18(25)12-27-20-23-16-10-6-4-8-14(16)19(26)24(20)17-11-7-5-9-15(17)21/h4-11,13H,3,12H2,1-2H3,(H,22,25)/t13-/m1/s1. The van der Waals surface area contributed by atoms with Gasteiger partial charge in [0, 0.05) is 6.04 Å². The van der Waals surface area contributed by atoms with Gasteiger partial charge in [0.25, 0.3) is 5.56 Å². The molecule has 1 aromatic heterocycles. The van der Waals surface area contributed by atoms with Crippen molar-refractivity contribution >= 4 is 28.6 Å². The molecule has 7 heteroatoms. The molecule has 5 nitrogen and oxygen atoms in total. The van der Waals surface area contributed by atoms with Gasteiger partial charge in [0.15, 0.2) is 5.16 Å². The van der Waals surface area contributed by atoms with Crippen LogP contribution in [0.5, 0.6) is 0 Å². The van der Waals surface area contributed by atoms with E-state index in [2.05, 4.69) is 10.3 Å². The molecule has 0 unspecified atom stereocenters. The summed E-state index contributed by atoms with van der Waals surface area (Å²) in [7, 11) is 0. The summed E-state index contributed by atoms with van der Waals surface area (Å²) in [5.74, 6) is -0.594. The van der Waals surface area contributed by atoms with Crippen molar-refractivity contribution in [2.45, 2.75) is 31.5 Å². The van der Waals surface area contributed by atoms with Crippen LogP contribution in [0.25, 0.3) is 16.6 Å². The Morgan fingerprint density at radius 2 is 1.93 bits per heavy atom. The van der Waals surface area contributed by atoms with E-state index in [1.54, 1.807) is 36.4 Å². The van der Waals surface area contributed by atoms with E-state index in [0.29, 0.717) is 10.9 Å². The molecule has 3 rings (SSSR count). The monoisotopic (exact) mass is 385 g/mol. The minimum absolute atomic E-state index is 0.0661. The maximum atomic E-state index is 14.4. The number of para-hydroxylation sites is 2. The fourth-order valence-electron chi connectivity index (χ4n) is 2.60. The summed E-state index contributed by atoms with van der Waals surface area (Å²) in [6.07, 6.45) is 0.824. The lowest BCUT2D eigenvalue weighted by Crippen LogP contribution is -2.33. The van der Waals surface area contributed by atoms with Gasteiger partial charge in [0.1, 0.15) is 5.82 Å². The zero-order valence-electron chi connectivity index (χ0n) is 15.1. The Morgan fingerprint density at radius 3 is 2.67 bits per heavy atom. The second-order valence-electron chi connectivity index (χ2n) is 6.17. The predicted octanol–water partition coefficient (Wildman–Crippen LogP) is 3.53. The first kappa shape index (κ1) is 19.1. The zero-order chi connectivity index (χ0) is 19.4. The minimum atomic E-state index is -0.525. The normalized spacial score (nSPS) is 12.1. The highest BCUT2D eigenvalue weighted by atomic mass is 32.2. The van der Waals surface area contributed by atoms with Crippen LogP contribution in [-0.4, -0.2) is 27.3 Å². The fraction of sp³-hybridized carbons (Fsp3) is 0.250. The SMILES string of the molecule is CC[C@@H](C)NC(=O)CSc1nc2ccccc2c(=O)n1-c1ccccc1F. The summed E-state index contributed by atoms with van der Waals surface area (Å²) < 4.78 is 15.6. The summed E-state index contributed by atoms with van der Waals surface area (Å²) in [4.78, 5) is 29.6. The second-order valence-corrected chi connectivity index (χ2v) is 7.11. The lowest BCUT2D eigenvalue weighted by molar-refractivity contribution is -0.119. The van der Waals surface area contributed by atoms with Crippen LogP contribution in [0.2, 0.25) is 0 Å². The number of carbonyl (C=O) groups is 1. The number of aromatic nitrogens is 2. The van der Waals surface area contributed by atoms with Crippen LogP contribution in [0.1, 0.15) is 20.3 Å². The van der Waals surface area contributed by atoms with Crippen molar-refractivity contribution in [1.82, 2.24) is 14.9 Å². The summed E-state index contributed by atoms with van der Waals surface area (Å²) in [6.45, 7) is 3.91. The largest absolute Gasteiger partial charge is 0.353 e. The molecule has 2 aromatic carbocycles. The Kier molecular flexibility index (Phi) is 5.91. The molecule has 1 atom stereocenters. The molecular formula is C20H20FN3O2S. The third-order valence-corrected chi connectivity index (χ3v) is 5.13. The molecule has 140 valence electrons. The number of nitrogens with zero attached hydrogens (tertiary/aromatic N) is 2. The average molecular weight is 385 g/mol. The Hall–Kier alpha value is -2.67. The Balaban J connectivity index is 2.05. The van der Waals surface area contributed by atoms with E-state index in [4.69, 9.17) is 0 Å². The van der Waals surface area contributed by atoms with Gasteiger partial charge >= 0.3 is 0 Å². The number of carbonyl (C=O) groups excluding carboxylic acids is 1. The highest BCUT2D eigenvalue weighted by Crippen LogP contribution is 2.22. The molecule has 1 amide bonds. The quantitative estimate of drug-likeness (QED) is 0.521. The first-order valence-corrected chi connectivity index (χ1v) is 9.68. The van der Waals surface area contributed by atoms with Crippen molar-refractivity contribution in [2.24, 2.45) is 0 Å². The van der Waals surface area contributed by atoms with Gasteiger partial charge in [-0.1, -0.05) is 43.0 Å². The Bertz CT molecular complexity index is 1040. The van der Waals surface area contributed by atoms with Crippen LogP contribution < -0.4 is 10.9 Å². The number of amides is 1. The Morgan fingerprint density at radius 1 is 1.22 bits per heavy atom. The van der Waals surface area contributed by atoms with Gasteiger partial charge in [-0.3, -0.25) is 14.2 Å². The van der Waals surface area contributed by atoms with Crippen LogP contribution in [-0.2, 0) is 4.79 Å². The summed E-state index contributed by atoms with van der Waals surface area (Å²) in [6, 6.07) is 13.0. The molecule has 0 aliphatic carbocycles. The van der Waals surface area contributed by atoms with Crippen LogP contribution in [0, 0.1) is 5.82 Å². The average Bonchev–Trinajstić information content (AvgIpc) is 2.67. The molecular weight excluding hydrogens is 365 g/mol. The van der Waals surface area contributed by atoms with E-state index in [1.807, 2.05) is 13.8 Å². The number of halogens is 1. The van der Waals surface area contributed by atoms with Gasteiger partial charge in [-0.2, -0.15) is 0 Å². The maximum Gasteiger partial charge on any atom is 0.266 e. The highest BCUT2D eigenvalue weighted by Gasteiger charge is 2.17. The van der Waals surface area contributed by atoms with Crippen LogP contribution in [0.4, 0.5) is 4.39 Å². The number of hydrogen-bond acceptors (Lipinski definition) is 4. The molecule has 0 fully saturated rings. The van der Waals surface area contributed by atoms with Crippen molar-refractivity contribution < 1.29 is 9.18 Å². The van der Waals surface area contributed by atoms with Crippen LogP contribution in [0.3, 0.4) is 0 Å². The van der Waals surface area contributed by atoms with Gasteiger partial charge in [-0.25, -0.2) is 9.37 Å². The van der Waals surface area contributed by atoms with Crippen molar-refractivity contribution in [2.75, 3.05) is 5.75 Å². The van der Waals surface area contributed by atoms with E-state index in [9.17, 15) is 14.0 Å². The summed E-state index contributed by atoms with van der Waals surface area (Å²) in [5.41, 5.74) is 0.265. The van der Waals surface area contributed by atoms with Gasteiger partial charge < -0.3 is 5.32 Å². The molecule has 0 saturated carbocycles. The predicted molar refractivity (Wildman–Crippen MR) is 106 cm³/mol. The molecule has 0 radical (unpaired) electrons. The van der Waals surface area contributed by atoms with E-state index in [1.165, 1.54) is 16.7 Å². The molecule has 0 saturated heterocycles. The molecule has 1 N–H and O–H groups in total. The minimum Gasteiger partial charge on any atom is -0.353 e. The van der Waals surface area contributed by atoms with Crippen molar-refractivity contribution in [3.63, 3.8) is 0 Å². The number of fused-ring (bicyclic) bond motifs is 1. The third-order valence-electron chi connectivity index (χ3n) is 4.19. The molecule has 27 heavy (non-hydrogen) atoms. The van der Waals surface area contributed by atoms with Gasteiger partial charge in [0.05, 0.1) is 22.3 Å². The molecule has 0 spiro atoms. The fourth-order valence-corrected chi connectivity index (χ4v) is 3.42. The molecule has 3 aromatic rings. The first-order chi connectivity index (χ1) is 13.0. The van der Waals surface area contributed by atoms with E-state index in [-0.39, 0.29) is 34.1 Å². The summed E-state index contributed by atoms with van der Waals surface area (Å²) in [5, 5.41) is 3.55. The Labute approximate surface area is 160 Å². The number of rotatable bonds is 6. The number of nitrogens with one attached hydrogen (secondary N) is 1. The summed E-state index contributed by atoms with van der Waals surface area (Å²) >= 11 is 1.11. The van der Waals surface area contributed by atoms with Crippen molar-refractivity contribution in [1.29, 1.82) is 0 Å². The molecule has 0 aliphatic rings. The van der Waals surface area contributed by atoms with E-state index < -0.39 is 5.82 Å². The van der Waals surface area contributed by atoms with E-state index >= 15 is 0 Å². The van der Waals surface area contributed by atoms with Crippen LogP contribution >= 0.6 is 11.8 Å². The molecule has 1 heterocycles.